The van der Waals surface area contributed by atoms with Crippen molar-refractivity contribution >= 4 is 5.91 Å². The number of hydrogen-bond donors (Lipinski definition) is 0. The molecule has 1 aromatic rings. The fourth-order valence-corrected chi connectivity index (χ4v) is 1.01. The van der Waals surface area contributed by atoms with Gasteiger partial charge < -0.3 is 9.64 Å². The van der Waals surface area contributed by atoms with Crippen molar-refractivity contribution in [1.29, 1.82) is 0 Å². The van der Waals surface area contributed by atoms with Crippen LogP contribution in [0, 0.1) is 0 Å². The van der Waals surface area contributed by atoms with Crippen LogP contribution < -0.4 is 0 Å². The highest BCUT2D eigenvalue weighted by molar-refractivity contribution is 5.75. The summed E-state index contributed by atoms with van der Waals surface area (Å²) in [5.41, 5.74) is 0. The van der Waals surface area contributed by atoms with Gasteiger partial charge in [0.1, 0.15) is 6.54 Å². The molecule has 0 radical (unpaired) electrons. The Labute approximate surface area is 83.3 Å². The molecule has 0 aliphatic heterocycles. The summed E-state index contributed by atoms with van der Waals surface area (Å²) in [4.78, 5) is 13.2. The molecule has 14 heavy (non-hydrogen) atoms. The summed E-state index contributed by atoms with van der Waals surface area (Å²) in [7, 11) is 3.37. The molecule has 0 fully saturated rings. The summed E-state index contributed by atoms with van der Waals surface area (Å²) in [6.07, 6.45) is 3.42. The molecule has 1 aromatic heterocycles. The van der Waals surface area contributed by atoms with Gasteiger partial charge in [0.2, 0.25) is 5.91 Å². The van der Waals surface area contributed by atoms with Crippen molar-refractivity contribution < 1.29 is 9.53 Å². The van der Waals surface area contributed by atoms with Crippen LogP contribution in [0.15, 0.2) is 18.5 Å². The Morgan fingerprint density at radius 2 is 2.43 bits per heavy atom. The number of aromatic nitrogens is 2. The molecule has 0 atom stereocenters. The van der Waals surface area contributed by atoms with Crippen LogP contribution in [0.4, 0.5) is 0 Å². The second kappa shape index (κ2) is 5.39. The van der Waals surface area contributed by atoms with E-state index in [1.807, 2.05) is 0 Å². The van der Waals surface area contributed by atoms with Gasteiger partial charge in [-0.15, -0.1) is 0 Å². The first-order chi connectivity index (χ1) is 6.74. The summed E-state index contributed by atoms with van der Waals surface area (Å²) in [5, 5.41) is 3.96. The molecule has 0 N–H and O–H groups in total. The monoisotopic (exact) mass is 197 g/mol. The molecule has 0 unspecified atom stereocenters. The van der Waals surface area contributed by atoms with Crippen molar-refractivity contribution in [1.82, 2.24) is 14.7 Å². The van der Waals surface area contributed by atoms with Crippen LogP contribution in [-0.4, -0.2) is 47.9 Å². The maximum Gasteiger partial charge on any atom is 0.244 e. The van der Waals surface area contributed by atoms with E-state index in [4.69, 9.17) is 4.74 Å². The summed E-state index contributed by atoms with van der Waals surface area (Å²) in [6.45, 7) is 1.45. The zero-order chi connectivity index (χ0) is 10.4. The molecular weight excluding hydrogens is 182 g/mol. The average Bonchev–Trinajstić information content (AvgIpc) is 2.66. The van der Waals surface area contributed by atoms with E-state index in [1.165, 1.54) is 0 Å². The van der Waals surface area contributed by atoms with Crippen molar-refractivity contribution in [3.8, 4) is 0 Å². The zero-order valence-electron chi connectivity index (χ0n) is 8.51. The number of hydrogen-bond acceptors (Lipinski definition) is 3. The van der Waals surface area contributed by atoms with Crippen LogP contribution in [-0.2, 0) is 16.1 Å². The molecule has 0 aliphatic rings. The highest BCUT2D eigenvalue weighted by atomic mass is 16.5. The number of ether oxygens (including phenoxy) is 1. The topological polar surface area (TPSA) is 47.4 Å². The van der Waals surface area contributed by atoms with Crippen molar-refractivity contribution in [2.45, 2.75) is 6.54 Å². The molecule has 5 nitrogen and oxygen atoms in total. The molecule has 78 valence electrons. The Morgan fingerprint density at radius 1 is 1.64 bits per heavy atom. The summed E-state index contributed by atoms with van der Waals surface area (Å²) < 4.78 is 6.48. The zero-order valence-corrected chi connectivity index (χ0v) is 8.51. The molecule has 0 saturated heterocycles. The van der Waals surface area contributed by atoms with Gasteiger partial charge >= 0.3 is 0 Å². The van der Waals surface area contributed by atoms with Gasteiger partial charge in [0, 0.05) is 33.1 Å². The van der Waals surface area contributed by atoms with Gasteiger partial charge in [-0.3, -0.25) is 9.48 Å². The smallest absolute Gasteiger partial charge is 0.244 e. The highest BCUT2D eigenvalue weighted by Crippen LogP contribution is 1.90. The summed E-state index contributed by atoms with van der Waals surface area (Å²) >= 11 is 0. The molecule has 1 heterocycles. The molecule has 0 aromatic carbocycles. The molecule has 0 bridgehead atoms. The quantitative estimate of drug-likeness (QED) is 0.667. The highest BCUT2D eigenvalue weighted by Gasteiger charge is 2.08. The molecular formula is C9H15N3O2. The molecule has 1 amide bonds. The molecule has 0 spiro atoms. The van der Waals surface area contributed by atoms with Gasteiger partial charge in [-0.05, 0) is 6.07 Å². The van der Waals surface area contributed by atoms with Crippen LogP contribution >= 0.6 is 0 Å². The van der Waals surface area contributed by atoms with E-state index < -0.39 is 0 Å². The molecule has 0 aliphatic carbocycles. The Kier molecular flexibility index (Phi) is 4.12. The number of amides is 1. The maximum absolute atomic E-state index is 11.5. The normalized spacial score (nSPS) is 10.1. The lowest BCUT2D eigenvalue weighted by Gasteiger charge is -2.16. The van der Waals surface area contributed by atoms with E-state index in [9.17, 15) is 4.79 Å². The summed E-state index contributed by atoms with van der Waals surface area (Å²) in [6, 6.07) is 1.79. The predicted molar refractivity (Wildman–Crippen MR) is 51.7 cm³/mol. The number of carbonyl (C=O) groups is 1. The Balaban J connectivity index is 2.34. The number of methoxy groups -OCH3 is 1. The summed E-state index contributed by atoms with van der Waals surface area (Å²) in [5.74, 6) is 0.0331. The van der Waals surface area contributed by atoms with E-state index >= 15 is 0 Å². The third-order valence-corrected chi connectivity index (χ3v) is 1.91. The Morgan fingerprint density at radius 3 is 3.00 bits per heavy atom. The predicted octanol–water partition coefficient (Wildman–Crippen LogP) is -0.0121. The standard InChI is InChI=1S/C9H15N3O2/c1-11(6-7-14-2)9(13)8-12-5-3-4-10-12/h3-5H,6-8H2,1-2H3. The van der Waals surface area contributed by atoms with Crippen molar-refractivity contribution in [3.63, 3.8) is 0 Å². The number of rotatable bonds is 5. The third-order valence-electron chi connectivity index (χ3n) is 1.91. The second-order valence-corrected chi connectivity index (χ2v) is 3.01. The van der Waals surface area contributed by atoms with Crippen molar-refractivity contribution in [2.75, 3.05) is 27.3 Å². The van der Waals surface area contributed by atoms with E-state index in [-0.39, 0.29) is 12.5 Å². The minimum absolute atomic E-state index is 0.0331. The number of likely N-dealkylation sites (N-methyl/N-ethyl adjacent to an activating group) is 1. The fourth-order valence-electron chi connectivity index (χ4n) is 1.01. The lowest BCUT2D eigenvalue weighted by atomic mass is 10.5. The SMILES string of the molecule is COCCN(C)C(=O)Cn1cccn1. The van der Waals surface area contributed by atoms with Crippen LogP contribution in [0.25, 0.3) is 0 Å². The lowest BCUT2D eigenvalue weighted by molar-refractivity contribution is -0.131. The largest absolute Gasteiger partial charge is 0.383 e. The second-order valence-electron chi connectivity index (χ2n) is 3.01. The van der Waals surface area contributed by atoms with Crippen molar-refractivity contribution in [3.05, 3.63) is 18.5 Å². The third kappa shape index (κ3) is 3.18. The van der Waals surface area contributed by atoms with E-state index in [0.29, 0.717) is 13.2 Å². The van der Waals surface area contributed by atoms with Gasteiger partial charge in [0.15, 0.2) is 0 Å². The Bertz CT molecular complexity index is 272. The van der Waals surface area contributed by atoms with E-state index in [0.717, 1.165) is 0 Å². The van der Waals surface area contributed by atoms with Gasteiger partial charge in [-0.1, -0.05) is 0 Å². The lowest BCUT2D eigenvalue weighted by Crippen LogP contribution is -2.32. The number of carbonyl (C=O) groups excluding carboxylic acids is 1. The Hall–Kier alpha value is -1.36. The van der Waals surface area contributed by atoms with E-state index in [1.54, 1.807) is 42.2 Å². The number of nitrogens with zero attached hydrogens (tertiary/aromatic N) is 3. The minimum atomic E-state index is 0.0331. The van der Waals surface area contributed by atoms with Gasteiger partial charge in [0.25, 0.3) is 0 Å². The fraction of sp³-hybridized carbons (Fsp3) is 0.556. The van der Waals surface area contributed by atoms with Crippen LogP contribution in [0.3, 0.4) is 0 Å². The first kappa shape index (κ1) is 10.7. The van der Waals surface area contributed by atoms with Gasteiger partial charge in [0.05, 0.1) is 6.61 Å². The molecule has 0 saturated carbocycles. The van der Waals surface area contributed by atoms with Crippen LogP contribution in [0.2, 0.25) is 0 Å². The van der Waals surface area contributed by atoms with Crippen LogP contribution in [0.5, 0.6) is 0 Å². The average molecular weight is 197 g/mol. The van der Waals surface area contributed by atoms with Crippen LogP contribution in [0.1, 0.15) is 0 Å². The molecule has 1 rings (SSSR count). The van der Waals surface area contributed by atoms with Gasteiger partial charge in [-0.2, -0.15) is 5.10 Å². The molecule has 5 heteroatoms. The maximum atomic E-state index is 11.5. The first-order valence-corrected chi connectivity index (χ1v) is 4.44. The van der Waals surface area contributed by atoms with Crippen molar-refractivity contribution in [2.24, 2.45) is 0 Å². The minimum Gasteiger partial charge on any atom is -0.383 e. The van der Waals surface area contributed by atoms with Gasteiger partial charge in [-0.25, -0.2) is 0 Å². The first-order valence-electron chi connectivity index (χ1n) is 4.44. The van der Waals surface area contributed by atoms with E-state index in [2.05, 4.69) is 5.10 Å².